The minimum atomic E-state index is -1.10. The molecule has 3 atom stereocenters. The van der Waals surface area contributed by atoms with Crippen LogP contribution < -0.4 is 50.3 Å². The molecule has 147 heavy (non-hydrogen) atoms. The summed E-state index contributed by atoms with van der Waals surface area (Å²) in [5.41, 5.74) is 3.16. The van der Waals surface area contributed by atoms with Crippen LogP contribution in [0.2, 0.25) is 0 Å². The van der Waals surface area contributed by atoms with Crippen LogP contribution in [0.25, 0.3) is 53.9 Å². The van der Waals surface area contributed by atoms with E-state index in [-0.39, 0.29) is 109 Å². The predicted octanol–water partition coefficient (Wildman–Crippen LogP) is 26.8. The van der Waals surface area contributed by atoms with Crippen LogP contribution in [0, 0.1) is 81.5 Å². The maximum absolute atomic E-state index is 15.0. The van der Waals surface area contributed by atoms with E-state index in [9.17, 15) is 59.1 Å². The van der Waals surface area contributed by atoms with E-state index < -0.39 is 70.0 Å². The van der Waals surface area contributed by atoms with E-state index in [0.717, 1.165) is 153 Å². The van der Waals surface area contributed by atoms with Gasteiger partial charge in [-0.2, -0.15) is 0 Å². The minimum absolute atomic E-state index is 0.00446. The third-order valence-corrected chi connectivity index (χ3v) is 26.8. The zero-order chi connectivity index (χ0) is 103. The van der Waals surface area contributed by atoms with Crippen LogP contribution >= 0.6 is 0 Å². The fraction of sp³-hybridized carbons (Fsp3) is 0.342. The highest BCUT2D eigenvalue weighted by Crippen LogP contribution is 2.44. The summed E-state index contributed by atoms with van der Waals surface area (Å²) < 4.78 is 142. The molecule has 0 saturated heterocycles. The maximum Gasteiger partial charge on any atom is 0.277 e. The smallest absolute Gasteiger partial charge is 0.277 e. The third-order valence-electron chi connectivity index (χ3n) is 26.8. The van der Waals surface area contributed by atoms with Gasteiger partial charge in [0.05, 0.1) is 48.0 Å². The SMILES string of the molecule is CC1(C)CCCC(Oc2nccc3cc(NC(=O)c4ccc(F)cn4)cc(F)c23)C1.CC1(C)CCCC(Oc2nccc3cc(NC(=O)c4ncc(F)cc4F)cc(F)c23)C1.CC1(C)CCCC(Oc2nccc3cc(NC(=O)c4ncccc4F)cc(F)c23)C1.Cc1ccc(C(=O)Nc2ccc3c(OCC4CCCCC4)nccc3c2)nc1.O=C(Nc1ccc2c(OCC3CCCCC3)nccc2c1)c1ccc(F)cn1. The number of rotatable bonds is 22. The Morgan fingerprint density at radius 2 is 0.653 bits per heavy atom. The molecule has 0 bridgehead atoms. The van der Waals surface area contributed by atoms with Crippen LogP contribution in [0.15, 0.2) is 220 Å². The molecule has 0 aliphatic heterocycles. The zero-order valence-electron chi connectivity index (χ0n) is 82.7. The molecule has 762 valence electrons. The third kappa shape index (κ3) is 28.3. The van der Waals surface area contributed by atoms with E-state index in [1.165, 1.54) is 119 Å². The number of nitrogens with zero attached hydrogens (tertiary/aromatic N) is 10. The fourth-order valence-corrected chi connectivity index (χ4v) is 19.4. The number of halogens is 8. The molecule has 5 saturated carbocycles. The summed E-state index contributed by atoms with van der Waals surface area (Å²) >= 11 is 0. The summed E-state index contributed by atoms with van der Waals surface area (Å²) in [6.07, 6.45) is 38.4. The predicted molar refractivity (Wildman–Crippen MR) is 548 cm³/mol. The maximum atomic E-state index is 15.0. The number of ether oxygens (including phenoxy) is 5. The van der Waals surface area contributed by atoms with Crippen molar-refractivity contribution in [1.82, 2.24) is 49.8 Å². The van der Waals surface area contributed by atoms with Gasteiger partial charge in [0.15, 0.2) is 23.0 Å². The Hall–Kier alpha value is -15.3. The lowest BCUT2D eigenvalue weighted by Crippen LogP contribution is -2.30. The van der Waals surface area contributed by atoms with E-state index in [0.29, 0.717) is 69.2 Å². The second kappa shape index (κ2) is 47.7. The lowest BCUT2D eigenvalue weighted by Gasteiger charge is -2.35. The first-order valence-corrected chi connectivity index (χ1v) is 49.6. The van der Waals surface area contributed by atoms with Gasteiger partial charge in [0.25, 0.3) is 29.5 Å². The Morgan fingerprint density at radius 1 is 0.306 bits per heavy atom. The number of carbonyl (C=O) groups excluding carboxylic acids is 5. The monoisotopic (exact) mass is 2010 g/mol. The van der Waals surface area contributed by atoms with E-state index in [2.05, 4.69) is 118 Å². The molecule has 5 amide bonds. The standard InChI is InChI=1S/C23H22F3N3O2.2C23H23F2N3O2.C23H25N3O2.C22H22FN3O2/c1-23(2)6-3-4-16(11-23)31-22-19-13(5-7-27-22)8-15(10-17(19)25)29-21(30)20-18(26)9-14(24)12-28-20;1-23(2)8-3-5-16(13-23)30-22-19-14(7-10-27-22)11-15(12-18(19)25)28-21(29)20-17(24)6-4-9-26-20;1-23(2)8-3-4-17(12-23)30-22-20-14(7-9-26-22)10-16(11-18(20)25)28-21(29)19-6-5-15(24)13-27-19;1-16-7-10-21(25-14-16)22(27)26-19-8-9-20-18(13-19)11-12-24-23(20)28-15-17-5-3-2-4-6-17;23-17-6-9-20(25-13-17)21(27)26-18-7-8-19-16(12-18)10-11-24-22(19)28-14-15-4-2-1-3-5-15/h5,7-10,12,16H,3-4,6,11H2,1-2H3,(H,29,30);4,6-7,9-12,16H,3,5,8,13H2,1-2H3,(H,28,29);5-7,9-11,13,17H,3-4,8,12H2,1-2H3,(H,28,29);7-14,17H,2-6,15H2,1H3,(H,26,27);6-13,15H,1-5,14H2,(H,26,27). The number of aryl methyl sites for hydroxylation is 1. The van der Waals surface area contributed by atoms with Gasteiger partial charge in [0, 0.05) is 88.7 Å². The number of carbonyl (C=O) groups is 5. The second-order valence-electron chi connectivity index (χ2n) is 40.3. The van der Waals surface area contributed by atoms with Gasteiger partial charge in [-0.3, -0.25) is 29.0 Å². The number of anilines is 5. The van der Waals surface area contributed by atoms with Crippen molar-refractivity contribution >= 4 is 112 Å². The van der Waals surface area contributed by atoms with E-state index >= 15 is 0 Å². The van der Waals surface area contributed by atoms with Crippen LogP contribution in [0.3, 0.4) is 0 Å². The quantitative estimate of drug-likeness (QED) is 0.0394. The Balaban J connectivity index is 0.000000131. The van der Waals surface area contributed by atoms with Gasteiger partial charge in [-0.15, -0.1) is 0 Å². The molecule has 10 aromatic heterocycles. The Morgan fingerprint density at radius 3 is 1.01 bits per heavy atom. The molecule has 3 unspecified atom stereocenters. The lowest BCUT2D eigenvalue weighted by atomic mass is 9.76. The van der Waals surface area contributed by atoms with E-state index in [1.54, 1.807) is 73.4 Å². The molecule has 5 aliphatic rings. The number of pyridine rings is 10. The molecule has 5 aliphatic carbocycles. The van der Waals surface area contributed by atoms with Crippen molar-refractivity contribution in [3.05, 3.63) is 300 Å². The van der Waals surface area contributed by atoms with Crippen molar-refractivity contribution in [3.63, 3.8) is 0 Å². The second-order valence-corrected chi connectivity index (χ2v) is 40.3. The molecule has 25 nitrogen and oxygen atoms in total. The van der Waals surface area contributed by atoms with Crippen LogP contribution in [0.1, 0.15) is 241 Å². The van der Waals surface area contributed by atoms with Gasteiger partial charge in [-0.1, -0.05) is 86.1 Å². The summed E-state index contributed by atoms with van der Waals surface area (Å²) in [5, 5.41) is 19.3. The number of nitrogens with one attached hydrogen (secondary N) is 5. The number of hydrogen-bond donors (Lipinski definition) is 5. The van der Waals surface area contributed by atoms with E-state index in [1.807, 2.05) is 55.5 Å². The number of benzene rings is 5. The molecule has 0 spiro atoms. The van der Waals surface area contributed by atoms with Crippen molar-refractivity contribution in [1.29, 1.82) is 0 Å². The molecule has 5 fully saturated rings. The molecule has 5 aromatic carbocycles. The summed E-state index contributed by atoms with van der Waals surface area (Å²) in [5.74, 6) is -5.04. The largest absolute Gasteiger partial charge is 0.477 e. The number of hydrogen-bond acceptors (Lipinski definition) is 20. The van der Waals surface area contributed by atoms with Crippen molar-refractivity contribution < 1.29 is 82.8 Å². The minimum Gasteiger partial charge on any atom is -0.477 e. The van der Waals surface area contributed by atoms with Gasteiger partial charge in [0.1, 0.15) is 70.3 Å². The molecule has 5 N–H and O–H groups in total. The molecule has 15 aromatic rings. The highest BCUT2D eigenvalue weighted by molar-refractivity contribution is 6.08. The van der Waals surface area contributed by atoms with E-state index in [4.69, 9.17) is 23.7 Å². The summed E-state index contributed by atoms with van der Waals surface area (Å²) in [6, 6.07) is 40.1. The van der Waals surface area contributed by atoms with Crippen LogP contribution in [0.5, 0.6) is 29.4 Å². The van der Waals surface area contributed by atoms with Crippen molar-refractivity contribution in [2.24, 2.45) is 28.1 Å². The Labute approximate surface area is 845 Å². The van der Waals surface area contributed by atoms with Gasteiger partial charge in [0.2, 0.25) is 29.4 Å². The highest BCUT2D eigenvalue weighted by Gasteiger charge is 2.35. The summed E-state index contributed by atoms with van der Waals surface area (Å²) in [6.45, 7) is 16.6. The molecular formula is C114H115F8N15O10. The van der Waals surface area contributed by atoms with Crippen LogP contribution in [-0.2, 0) is 0 Å². The normalized spacial score (nSPS) is 16.9. The average Bonchev–Trinajstić information content (AvgIpc) is 0.836. The highest BCUT2D eigenvalue weighted by atomic mass is 19.2. The van der Waals surface area contributed by atoms with Crippen LogP contribution in [0.4, 0.5) is 63.6 Å². The van der Waals surface area contributed by atoms with Crippen molar-refractivity contribution in [2.75, 3.05) is 39.8 Å². The van der Waals surface area contributed by atoms with Crippen molar-refractivity contribution in [2.45, 2.75) is 208 Å². The molecular weight excluding hydrogens is 1890 g/mol. The van der Waals surface area contributed by atoms with Gasteiger partial charge in [-0.05, 0) is 316 Å². The molecule has 0 radical (unpaired) electrons. The van der Waals surface area contributed by atoms with Gasteiger partial charge >= 0.3 is 0 Å². The van der Waals surface area contributed by atoms with Crippen LogP contribution in [-0.4, -0.2) is 111 Å². The number of amides is 5. The topological polar surface area (TPSA) is 321 Å². The van der Waals surface area contributed by atoms with Gasteiger partial charge < -0.3 is 50.3 Å². The number of aromatic nitrogens is 10. The van der Waals surface area contributed by atoms with Crippen molar-refractivity contribution in [3.8, 4) is 29.4 Å². The molecule has 10 heterocycles. The lowest BCUT2D eigenvalue weighted by molar-refractivity contribution is 0.0822. The first-order chi connectivity index (χ1) is 70.7. The number of fused-ring (bicyclic) bond motifs is 5. The Bertz CT molecular complexity index is 7090. The first-order valence-electron chi connectivity index (χ1n) is 49.6. The molecule has 33 heteroatoms. The fourth-order valence-electron chi connectivity index (χ4n) is 19.4. The summed E-state index contributed by atoms with van der Waals surface area (Å²) in [7, 11) is 0. The Kier molecular flexibility index (Phi) is 33.9. The summed E-state index contributed by atoms with van der Waals surface area (Å²) in [4.78, 5) is 102. The molecule has 20 rings (SSSR count). The zero-order valence-corrected chi connectivity index (χ0v) is 82.7. The first kappa shape index (κ1) is 105. The van der Waals surface area contributed by atoms with Gasteiger partial charge in [-0.25, -0.2) is 80.0 Å². The average molecular weight is 2010 g/mol.